The summed E-state index contributed by atoms with van der Waals surface area (Å²) in [6.07, 6.45) is 2.20. The van der Waals surface area contributed by atoms with Crippen LogP contribution in [0.4, 0.5) is 5.82 Å². The van der Waals surface area contributed by atoms with Gasteiger partial charge in [-0.2, -0.15) is 0 Å². The lowest BCUT2D eigenvalue weighted by molar-refractivity contribution is -0.115. The van der Waals surface area contributed by atoms with Crippen LogP contribution in [0, 0.1) is 0 Å². The van der Waals surface area contributed by atoms with Gasteiger partial charge in [-0.25, -0.2) is 4.98 Å². The van der Waals surface area contributed by atoms with Crippen LogP contribution in [-0.2, 0) is 4.79 Å². The molecule has 0 saturated carbocycles. The van der Waals surface area contributed by atoms with E-state index in [0.29, 0.717) is 12.2 Å². The second-order valence-electron chi connectivity index (χ2n) is 4.19. The Kier molecular flexibility index (Phi) is 2.48. The summed E-state index contributed by atoms with van der Waals surface area (Å²) >= 11 is 0. The third-order valence-electron chi connectivity index (χ3n) is 2.98. The molecule has 4 nitrogen and oxygen atoms in total. The first-order valence-electron chi connectivity index (χ1n) is 5.94. The van der Waals surface area contributed by atoms with Crippen molar-refractivity contribution in [2.45, 2.75) is 13.3 Å². The first-order chi connectivity index (χ1) is 8.78. The molecule has 4 heteroatoms. The van der Waals surface area contributed by atoms with Crippen LogP contribution in [-0.4, -0.2) is 15.9 Å². The normalized spacial score (nSPS) is 10.9. The molecule has 0 radical (unpaired) electrons. The van der Waals surface area contributed by atoms with Gasteiger partial charge in [0, 0.05) is 22.7 Å². The van der Waals surface area contributed by atoms with Crippen LogP contribution in [0.3, 0.4) is 0 Å². The summed E-state index contributed by atoms with van der Waals surface area (Å²) in [5.74, 6) is 0.570. The number of hydrogen-bond acceptors (Lipinski definition) is 2. The van der Waals surface area contributed by atoms with Gasteiger partial charge < -0.3 is 10.3 Å². The number of carbonyl (C=O) groups excluding carboxylic acids is 1. The van der Waals surface area contributed by atoms with Gasteiger partial charge in [0.05, 0.1) is 11.7 Å². The summed E-state index contributed by atoms with van der Waals surface area (Å²) in [5.41, 5.74) is 2.05. The molecule has 0 spiro atoms. The Morgan fingerprint density at radius 1 is 1.28 bits per heavy atom. The lowest BCUT2D eigenvalue weighted by Gasteiger charge is -2.02. The van der Waals surface area contributed by atoms with Gasteiger partial charge in [-0.1, -0.05) is 25.1 Å². The number of amides is 1. The molecular formula is C14H13N3O. The number of aromatic nitrogens is 2. The molecular weight excluding hydrogens is 226 g/mol. The number of nitrogens with zero attached hydrogens (tertiary/aromatic N) is 1. The average molecular weight is 239 g/mol. The zero-order valence-electron chi connectivity index (χ0n) is 10.0. The molecule has 0 aliphatic rings. The third kappa shape index (κ3) is 1.72. The maximum absolute atomic E-state index is 11.4. The van der Waals surface area contributed by atoms with Crippen LogP contribution in [0.2, 0.25) is 0 Å². The van der Waals surface area contributed by atoms with Gasteiger partial charge in [-0.05, 0) is 12.1 Å². The van der Waals surface area contributed by atoms with Crippen molar-refractivity contribution in [3.63, 3.8) is 0 Å². The van der Waals surface area contributed by atoms with Gasteiger partial charge in [0.15, 0.2) is 0 Å². The van der Waals surface area contributed by atoms with E-state index in [4.69, 9.17) is 0 Å². The highest BCUT2D eigenvalue weighted by atomic mass is 16.1. The Balaban J connectivity index is 2.15. The van der Waals surface area contributed by atoms with Gasteiger partial charge in [-0.15, -0.1) is 0 Å². The van der Waals surface area contributed by atoms with Crippen molar-refractivity contribution in [2.24, 2.45) is 0 Å². The Bertz CT molecular complexity index is 730. The molecule has 90 valence electrons. The van der Waals surface area contributed by atoms with Gasteiger partial charge in [0.2, 0.25) is 5.91 Å². The smallest absolute Gasteiger partial charge is 0.225 e. The van der Waals surface area contributed by atoms with Gasteiger partial charge in [0.25, 0.3) is 0 Å². The van der Waals surface area contributed by atoms with E-state index in [1.54, 1.807) is 6.20 Å². The van der Waals surface area contributed by atoms with Gasteiger partial charge in [-0.3, -0.25) is 4.79 Å². The molecule has 2 aromatic heterocycles. The maximum atomic E-state index is 11.4. The third-order valence-corrected chi connectivity index (χ3v) is 2.98. The summed E-state index contributed by atoms with van der Waals surface area (Å²) in [6.45, 7) is 1.82. The van der Waals surface area contributed by atoms with E-state index in [9.17, 15) is 4.79 Å². The summed E-state index contributed by atoms with van der Waals surface area (Å²) in [5, 5.41) is 4.99. The first-order valence-corrected chi connectivity index (χ1v) is 5.94. The fourth-order valence-corrected chi connectivity index (χ4v) is 2.05. The van der Waals surface area contributed by atoms with Crippen molar-refractivity contribution < 1.29 is 4.79 Å². The fourth-order valence-electron chi connectivity index (χ4n) is 2.05. The second-order valence-corrected chi connectivity index (χ2v) is 4.19. The van der Waals surface area contributed by atoms with Crippen molar-refractivity contribution in [3.05, 3.63) is 36.5 Å². The summed E-state index contributed by atoms with van der Waals surface area (Å²) in [6, 6.07) is 9.98. The SMILES string of the molecule is CCC(=O)Nc1cc2c(cn1)[nH]c1ccccc12. The van der Waals surface area contributed by atoms with E-state index < -0.39 is 0 Å². The molecule has 0 aliphatic heterocycles. The molecule has 3 rings (SSSR count). The number of H-pyrrole nitrogens is 1. The quantitative estimate of drug-likeness (QED) is 0.722. The van der Waals surface area contributed by atoms with E-state index in [1.165, 1.54) is 0 Å². The number of nitrogens with one attached hydrogen (secondary N) is 2. The summed E-state index contributed by atoms with van der Waals surface area (Å²) in [4.78, 5) is 18.9. The molecule has 1 amide bonds. The number of carbonyl (C=O) groups is 1. The minimum atomic E-state index is -0.0262. The molecule has 0 unspecified atom stereocenters. The predicted molar refractivity (Wildman–Crippen MR) is 72.5 cm³/mol. The molecule has 0 bridgehead atoms. The highest BCUT2D eigenvalue weighted by Gasteiger charge is 2.06. The minimum absolute atomic E-state index is 0.0262. The Labute approximate surface area is 104 Å². The Morgan fingerprint density at radius 3 is 2.94 bits per heavy atom. The Morgan fingerprint density at radius 2 is 2.11 bits per heavy atom. The number of para-hydroxylation sites is 1. The van der Waals surface area contributed by atoms with Gasteiger partial charge >= 0.3 is 0 Å². The van der Waals surface area contributed by atoms with E-state index in [0.717, 1.165) is 21.8 Å². The van der Waals surface area contributed by atoms with Crippen molar-refractivity contribution in [1.82, 2.24) is 9.97 Å². The van der Waals surface area contributed by atoms with E-state index in [1.807, 2.05) is 31.2 Å². The van der Waals surface area contributed by atoms with Crippen LogP contribution < -0.4 is 5.32 Å². The lowest BCUT2D eigenvalue weighted by atomic mass is 10.2. The summed E-state index contributed by atoms with van der Waals surface area (Å²) < 4.78 is 0. The number of anilines is 1. The number of pyridine rings is 1. The number of aromatic amines is 1. The molecule has 0 aliphatic carbocycles. The van der Waals surface area contributed by atoms with Crippen molar-refractivity contribution >= 4 is 33.5 Å². The highest BCUT2D eigenvalue weighted by molar-refractivity contribution is 6.08. The number of fused-ring (bicyclic) bond motifs is 3. The van der Waals surface area contributed by atoms with Crippen LogP contribution in [0.25, 0.3) is 21.8 Å². The van der Waals surface area contributed by atoms with Crippen LogP contribution in [0.5, 0.6) is 0 Å². The molecule has 0 fully saturated rings. The van der Waals surface area contributed by atoms with E-state index >= 15 is 0 Å². The fraction of sp³-hybridized carbons (Fsp3) is 0.143. The highest BCUT2D eigenvalue weighted by Crippen LogP contribution is 2.26. The Hall–Kier alpha value is -2.36. The zero-order chi connectivity index (χ0) is 12.5. The van der Waals surface area contributed by atoms with Crippen molar-refractivity contribution in [3.8, 4) is 0 Å². The summed E-state index contributed by atoms with van der Waals surface area (Å²) in [7, 11) is 0. The molecule has 1 aromatic carbocycles. The first kappa shape index (κ1) is 10.8. The zero-order valence-corrected chi connectivity index (χ0v) is 10.0. The second kappa shape index (κ2) is 4.14. The molecule has 18 heavy (non-hydrogen) atoms. The monoisotopic (exact) mass is 239 g/mol. The van der Waals surface area contributed by atoms with Crippen LogP contribution in [0.1, 0.15) is 13.3 Å². The number of rotatable bonds is 2. The van der Waals surface area contributed by atoms with E-state index in [2.05, 4.69) is 21.4 Å². The van der Waals surface area contributed by atoms with Gasteiger partial charge in [0.1, 0.15) is 5.82 Å². The maximum Gasteiger partial charge on any atom is 0.225 e. The van der Waals surface area contributed by atoms with Crippen molar-refractivity contribution in [1.29, 1.82) is 0 Å². The van der Waals surface area contributed by atoms with E-state index in [-0.39, 0.29) is 5.91 Å². The molecule has 2 N–H and O–H groups in total. The topological polar surface area (TPSA) is 57.8 Å². The standard InChI is InChI=1S/C14H13N3O/c1-2-14(18)17-13-7-10-9-5-3-4-6-11(9)16-12(10)8-15-13/h3-8,16H,2H2,1H3,(H,15,17,18). The molecule has 2 heterocycles. The largest absolute Gasteiger partial charge is 0.353 e. The minimum Gasteiger partial charge on any atom is -0.353 e. The molecule has 0 saturated heterocycles. The van der Waals surface area contributed by atoms with Crippen LogP contribution in [0.15, 0.2) is 36.5 Å². The average Bonchev–Trinajstić information content (AvgIpc) is 2.77. The number of hydrogen-bond donors (Lipinski definition) is 2. The lowest BCUT2D eigenvalue weighted by Crippen LogP contribution is -2.10. The van der Waals surface area contributed by atoms with Crippen LogP contribution >= 0.6 is 0 Å². The molecule has 0 atom stereocenters. The van der Waals surface area contributed by atoms with Crippen molar-refractivity contribution in [2.75, 3.05) is 5.32 Å². The molecule has 3 aromatic rings. The number of benzene rings is 1. The predicted octanol–water partition coefficient (Wildman–Crippen LogP) is 3.06.